The van der Waals surface area contributed by atoms with Crippen LogP contribution in [0.4, 0.5) is 13.2 Å². The number of pyridine rings is 2. The Morgan fingerprint density at radius 1 is 1.24 bits per heavy atom. The van der Waals surface area contributed by atoms with Crippen LogP contribution < -0.4 is 0 Å². The van der Waals surface area contributed by atoms with Crippen LogP contribution in [0.1, 0.15) is 44.7 Å². The van der Waals surface area contributed by atoms with Gasteiger partial charge in [0.25, 0.3) is 5.91 Å². The summed E-state index contributed by atoms with van der Waals surface area (Å²) in [6, 6.07) is 8.44. The number of carbonyl (C=O) groups is 1. The van der Waals surface area contributed by atoms with Crippen molar-refractivity contribution in [2.75, 3.05) is 20.3 Å². The van der Waals surface area contributed by atoms with Gasteiger partial charge in [-0.3, -0.25) is 4.79 Å². The highest BCUT2D eigenvalue weighted by Crippen LogP contribution is 2.36. The Hall–Kier alpha value is -4.19. The molecule has 0 aliphatic carbocycles. The summed E-state index contributed by atoms with van der Waals surface area (Å²) in [6.45, 7) is 0.900. The minimum absolute atomic E-state index is 0.277. The fraction of sp³-hybridized carbons (Fsp3) is 0.280. The topological polar surface area (TPSA) is 92.8 Å². The zero-order valence-electron chi connectivity index (χ0n) is 19.7. The summed E-state index contributed by atoms with van der Waals surface area (Å²) in [5.74, 6) is -0.300. The van der Waals surface area contributed by atoms with Crippen LogP contribution in [0.3, 0.4) is 0 Å². The molecule has 1 aliphatic heterocycles. The smallest absolute Gasteiger partial charge is 0.384 e. The maximum atomic E-state index is 13.9. The van der Waals surface area contributed by atoms with Gasteiger partial charge in [-0.1, -0.05) is 12.1 Å². The number of imidazole rings is 1. The Kier molecular flexibility index (Phi) is 5.48. The first-order valence-electron chi connectivity index (χ1n) is 11.7. The Labute approximate surface area is 208 Å². The van der Waals surface area contributed by atoms with Gasteiger partial charge in [0.2, 0.25) is 0 Å². The van der Waals surface area contributed by atoms with Gasteiger partial charge in [-0.15, -0.1) is 0 Å². The molecule has 1 unspecified atom stereocenters. The maximum Gasteiger partial charge on any atom is 0.433 e. The number of H-pyrrole nitrogens is 1. The van der Waals surface area contributed by atoms with E-state index in [2.05, 4.69) is 20.2 Å². The molecule has 1 N–H and O–H groups in total. The number of ether oxygens (including phenoxy) is 1. The minimum Gasteiger partial charge on any atom is -0.384 e. The van der Waals surface area contributed by atoms with Crippen LogP contribution in [0.15, 0.2) is 55.1 Å². The van der Waals surface area contributed by atoms with Gasteiger partial charge in [0.15, 0.2) is 0 Å². The number of hydrogen-bond donors (Lipinski definition) is 1. The van der Waals surface area contributed by atoms with Gasteiger partial charge in [-0.2, -0.15) is 23.4 Å². The summed E-state index contributed by atoms with van der Waals surface area (Å²) in [5, 5.41) is 8.68. The fourth-order valence-corrected chi connectivity index (χ4v) is 4.89. The summed E-state index contributed by atoms with van der Waals surface area (Å²) in [5.41, 5.74) is 3.11. The molecule has 5 aromatic heterocycles. The van der Waals surface area contributed by atoms with E-state index in [4.69, 9.17) is 4.74 Å². The summed E-state index contributed by atoms with van der Waals surface area (Å²) in [4.78, 5) is 23.0. The summed E-state index contributed by atoms with van der Waals surface area (Å²) >= 11 is 0. The van der Waals surface area contributed by atoms with Crippen molar-refractivity contribution in [1.82, 2.24) is 34.1 Å². The molecule has 12 heteroatoms. The predicted octanol–water partition coefficient (Wildman–Crippen LogP) is 3.70. The van der Waals surface area contributed by atoms with Crippen LogP contribution in [0.25, 0.3) is 11.0 Å². The van der Waals surface area contributed by atoms with Gasteiger partial charge in [0, 0.05) is 32.0 Å². The molecule has 0 bridgehead atoms. The molecule has 1 amide bonds. The normalized spacial score (nSPS) is 16.0. The molecule has 1 atom stereocenters. The number of rotatable bonds is 5. The third kappa shape index (κ3) is 3.93. The Balaban J connectivity index is 1.42. The van der Waals surface area contributed by atoms with E-state index in [0.29, 0.717) is 48.5 Å². The van der Waals surface area contributed by atoms with Crippen molar-refractivity contribution in [3.8, 4) is 0 Å². The molecule has 37 heavy (non-hydrogen) atoms. The third-order valence-corrected chi connectivity index (χ3v) is 6.66. The summed E-state index contributed by atoms with van der Waals surface area (Å²) in [6.07, 6.45) is 1.55. The number of nitrogens with zero attached hydrogens (tertiary/aromatic N) is 6. The number of fused-ring (bicyclic) bond motifs is 3. The summed E-state index contributed by atoms with van der Waals surface area (Å²) in [7, 11) is 1.63. The van der Waals surface area contributed by atoms with E-state index >= 15 is 0 Å². The second kappa shape index (κ2) is 8.73. The summed E-state index contributed by atoms with van der Waals surface area (Å²) < 4.78 is 48.6. The number of carbonyl (C=O) groups excluding carboxylic acids is 1. The lowest BCUT2D eigenvalue weighted by molar-refractivity contribution is -0.142. The second-order valence-electron chi connectivity index (χ2n) is 8.90. The number of methoxy groups -OCH3 is 1. The number of alkyl halides is 3. The van der Waals surface area contributed by atoms with E-state index in [9.17, 15) is 18.0 Å². The molecule has 0 fully saturated rings. The Morgan fingerprint density at radius 2 is 2.11 bits per heavy atom. The largest absolute Gasteiger partial charge is 0.433 e. The van der Waals surface area contributed by atoms with Gasteiger partial charge in [0.1, 0.15) is 11.7 Å². The van der Waals surface area contributed by atoms with Crippen molar-refractivity contribution < 1.29 is 22.7 Å². The third-order valence-electron chi connectivity index (χ3n) is 6.66. The van der Waals surface area contributed by atoms with Gasteiger partial charge in [0.05, 0.1) is 47.1 Å². The fourth-order valence-electron chi connectivity index (χ4n) is 4.89. The van der Waals surface area contributed by atoms with Crippen LogP contribution in [0, 0.1) is 0 Å². The van der Waals surface area contributed by atoms with Gasteiger partial charge < -0.3 is 14.6 Å². The van der Waals surface area contributed by atoms with E-state index in [1.54, 1.807) is 28.7 Å². The minimum atomic E-state index is -4.58. The average molecular weight is 509 g/mol. The second-order valence-corrected chi connectivity index (χ2v) is 8.90. The number of halogens is 3. The highest BCUT2D eigenvalue weighted by atomic mass is 19.4. The molecular formula is C25H22F3N7O2. The van der Waals surface area contributed by atoms with Crippen molar-refractivity contribution >= 4 is 16.9 Å². The van der Waals surface area contributed by atoms with Crippen molar-refractivity contribution in [3.05, 3.63) is 89.0 Å². The molecule has 190 valence electrons. The lowest BCUT2D eigenvalue weighted by Crippen LogP contribution is -2.41. The predicted molar refractivity (Wildman–Crippen MR) is 126 cm³/mol. The van der Waals surface area contributed by atoms with Gasteiger partial charge >= 0.3 is 6.18 Å². The first kappa shape index (κ1) is 23.2. The van der Waals surface area contributed by atoms with Crippen LogP contribution in [0.2, 0.25) is 0 Å². The van der Waals surface area contributed by atoms with Crippen molar-refractivity contribution in [3.63, 3.8) is 0 Å². The van der Waals surface area contributed by atoms with E-state index in [1.807, 2.05) is 18.3 Å². The van der Waals surface area contributed by atoms with Crippen LogP contribution in [0.5, 0.6) is 0 Å². The number of aromatic amines is 1. The molecule has 9 nitrogen and oxygen atoms in total. The standard InChI is InChI=1S/C25H22F3N7O2/c1-37-10-8-15-5-6-20-17(12-31-34(20)13-15)24(36)33-9-7-18-22(30-14-29-18)23(33)19-11-16-3-2-4-21(25(26,27)28)35(16)32-19/h2-6,11-14,23H,7-10H2,1H3,(H,29,30). The number of hydrogen-bond acceptors (Lipinski definition) is 5. The first-order valence-corrected chi connectivity index (χ1v) is 11.7. The van der Waals surface area contributed by atoms with E-state index in [-0.39, 0.29) is 11.4 Å². The molecular weight excluding hydrogens is 487 g/mol. The molecule has 0 saturated carbocycles. The SMILES string of the molecule is COCCc1ccc2c(C(=O)N3CCc4[nH]cnc4C3c3cc4cccc(C(F)(F)F)n4n3)cnn2c1. The lowest BCUT2D eigenvalue weighted by atomic mass is 9.98. The number of nitrogens with one attached hydrogen (secondary N) is 1. The van der Waals surface area contributed by atoms with E-state index in [0.717, 1.165) is 21.8 Å². The Bertz CT molecular complexity index is 1620. The van der Waals surface area contributed by atoms with Gasteiger partial charge in [-0.25, -0.2) is 14.0 Å². The highest BCUT2D eigenvalue weighted by molar-refractivity contribution is 6.01. The van der Waals surface area contributed by atoms with Crippen molar-refractivity contribution in [2.24, 2.45) is 0 Å². The van der Waals surface area contributed by atoms with Crippen molar-refractivity contribution in [2.45, 2.75) is 25.1 Å². The van der Waals surface area contributed by atoms with Crippen molar-refractivity contribution in [1.29, 1.82) is 0 Å². The molecule has 6 heterocycles. The van der Waals surface area contributed by atoms with Crippen LogP contribution in [-0.4, -0.2) is 60.3 Å². The molecule has 0 saturated heterocycles. The molecule has 6 rings (SSSR count). The lowest BCUT2D eigenvalue weighted by Gasteiger charge is -2.33. The number of amides is 1. The number of aromatic nitrogens is 6. The Morgan fingerprint density at radius 3 is 2.92 bits per heavy atom. The molecule has 1 aliphatic rings. The van der Waals surface area contributed by atoms with Gasteiger partial charge in [-0.05, 0) is 36.2 Å². The average Bonchev–Trinajstić information content (AvgIpc) is 3.62. The van der Waals surface area contributed by atoms with E-state index in [1.165, 1.54) is 18.6 Å². The quantitative estimate of drug-likeness (QED) is 0.390. The molecule has 0 spiro atoms. The first-order chi connectivity index (χ1) is 17.8. The zero-order valence-corrected chi connectivity index (χ0v) is 19.7. The molecule has 5 aromatic rings. The highest BCUT2D eigenvalue weighted by Gasteiger charge is 2.39. The van der Waals surface area contributed by atoms with Crippen LogP contribution >= 0.6 is 0 Å². The maximum absolute atomic E-state index is 13.9. The van der Waals surface area contributed by atoms with E-state index < -0.39 is 17.9 Å². The zero-order chi connectivity index (χ0) is 25.7. The molecule has 0 aromatic carbocycles. The van der Waals surface area contributed by atoms with Crippen LogP contribution in [-0.2, 0) is 23.8 Å². The molecule has 0 radical (unpaired) electrons. The monoisotopic (exact) mass is 509 g/mol.